The van der Waals surface area contributed by atoms with E-state index in [0.717, 1.165) is 6.04 Å². The monoisotopic (exact) mass is 301 g/mol. The molecule has 0 unspecified atom stereocenters. The summed E-state index contributed by atoms with van der Waals surface area (Å²) >= 11 is 1.38. The zero-order valence-corrected chi connectivity index (χ0v) is 13.2. The van der Waals surface area contributed by atoms with E-state index in [4.69, 9.17) is 4.74 Å². The van der Waals surface area contributed by atoms with E-state index < -0.39 is 14.0 Å². The third-order valence-corrected chi connectivity index (χ3v) is 6.07. The topological polar surface area (TPSA) is 66.8 Å². The molecule has 2 heterocycles. The van der Waals surface area contributed by atoms with Crippen LogP contribution in [0.3, 0.4) is 0 Å². The molecule has 0 aromatic rings. The summed E-state index contributed by atoms with van der Waals surface area (Å²) in [5.74, 6) is -0.552. The lowest BCUT2D eigenvalue weighted by molar-refractivity contribution is -0.148. The Morgan fingerprint density at radius 2 is 2.21 bits per heavy atom. The predicted molar refractivity (Wildman–Crippen MR) is 76.1 cm³/mol. The maximum absolute atomic E-state index is 12.1. The molecule has 2 aliphatic rings. The van der Waals surface area contributed by atoms with Gasteiger partial charge in [0.1, 0.15) is 5.70 Å². The lowest BCUT2D eigenvalue weighted by atomic mass is 10.1. The number of nitrogens with zero attached hydrogens (tertiary/aromatic N) is 1. The average molecular weight is 301 g/mol. The van der Waals surface area contributed by atoms with Crippen LogP contribution in [-0.2, 0) is 14.3 Å². The minimum Gasteiger partial charge on any atom is -0.461 e. The Kier molecular flexibility index (Phi) is 4.07. The highest BCUT2D eigenvalue weighted by Crippen LogP contribution is 2.46. The number of ether oxygens (including phenoxy) is 1. The van der Waals surface area contributed by atoms with Gasteiger partial charge in [0.05, 0.1) is 25.0 Å². The minimum atomic E-state index is -1.25. The molecule has 106 valence electrons. The lowest BCUT2D eigenvalue weighted by Gasteiger charge is -2.34. The van der Waals surface area contributed by atoms with Crippen LogP contribution in [0, 0.1) is 0 Å². The maximum atomic E-state index is 12.1. The number of aliphatic hydroxyl groups excluding tert-OH is 1. The number of thioether (sulfide) groups is 1. The Bertz CT molecular complexity index is 444. The van der Waals surface area contributed by atoms with Crippen molar-refractivity contribution >= 4 is 31.7 Å². The summed E-state index contributed by atoms with van der Waals surface area (Å²) in [7, 11) is -1.25. The zero-order valence-electron chi connectivity index (χ0n) is 11.4. The molecule has 7 heteroatoms. The average Bonchev–Trinajstić information content (AvgIpc) is 2.59. The number of hydrogen-bond acceptors (Lipinski definition) is 5. The fourth-order valence-electron chi connectivity index (χ4n) is 1.95. The van der Waals surface area contributed by atoms with E-state index in [1.54, 1.807) is 0 Å². The molecular formula is C12H19NO4SSi. The first-order valence-corrected chi connectivity index (χ1v) is 10.9. The predicted octanol–water partition coefficient (Wildman–Crippen LogP) is 1.38. The molecule has 2 aliphatic heterocycles. The molecule has 1 saturated heterocycles. The van der Waals surface area contributed by atoms with Crippen molar-refractivity contribution in [2.24, 2.45) is 0 Å². The molecule has 1 atom stereocenters. The van der Waals surface area contributed by atoms with Gasteiger partial charge in [0.25, 0.3) is 0 Å². The Balaban J connectivity index is 1.99. The highest BCUT2D eigenvalue weighted by Gasteiger charge is 2.48. The normalized spacial score (nSPS) is 22.4. The van der Waals surface area contributed by atoms with E-state index in [2.05, 4.69) is 19.6 Å². The molecule has 0 spiro atoms. The second-order valence-electron chi connectivity index (χ2n) is 5.92. The molecule has 0 aromatic carbocycles. The summed E-state index contributed by atoms with van der Waals surface area (Å²) in [5, 5.41) is 9.25. The molecule has 0 radical (unpaired) electrons. The van der Waals surface area contributed by atoms with E-state index in [1.165, 1.54) is 16.7 Å². The SMILES string of the molecule is C[Si](C)(C)CCOC(=O)C1=C(CO)S[C@@H]2CC(=O)N12. The van der Waals surface area contributed by atoms with E-state index in [9.17, 15) is 14.7 Å². The molecule has 2 rings (SSSR count). The lowest BCUT2D eigenvalue weighted by Crippen LogP contribution is -2.48. The molecule has 19 heavy (non-hydrogen) atoms. The molecule has 0 aliphatic carbocycles. The maximum Gasteiger partial charge on any atom is 0.355 e. The molecule has 1 N–H and O–H groups in total. The summed E-state index contributed by atoms with van der Waals surface area (Å²) in [6, 6.07) is 0.894. The van der Waals surface area contributed by atoms with Gasteiger partial charge in [-0.3, -0.25) is 9.69 Å². The second-order valence-corrected chi connectivity index (χ2v) is 12.8. The van der Waals surface area contributed by atoms with Crippen molar-refractivity contribution in [3.8, 4) is 0 Å². The van der Waals surface area contributed by atoms with Gasteiger partial charge in [-0.05, 0) is 6.04 Å². The molecular weight excluding hydrogens is 282 g/mol. The summed E-state index contributed by atoms with van der Waals surface area (Å²) in [4.78, 5) is 25.6. The summed E-state index contributed by atoms with van der Waals surface area (Å²) in [6.07, 6.45) is 0.430. The van der Waals surface area contributed by atoms with Crippen molar-refractivity contribution in [1.82, 2.24) is 4.90 Å². The molecule has 1 amide bonds. The van der Waals surface area contributed by atoms with Gasteiger partial charge < -0.3 is 9.84 Å². The van der Waals surface area contributed by atoms with Crippen LogP contribution >= 0.6 is 11.8 Å². The van der Waals surface area contributed by atoms with Crippen LogP contribution < -0.4 is 0 Å². The minimum absolute atomic E-state index is 0.0193. The molecule has 5 nitrogen and oxygen atoms in total. The van der Waals surface area contributed by atoms with Gasteiger partial charge in [-0.1, -0.05) is 31.4 Å². The summed E-state index contributed by atoms with van der Waals surface area (Å²) in [5.41, 5.74) is 0.254. The Hall–Kier alpha value is -0.793. The molecule has 0 saturated carbocycles. The van der Waals surface area contributed by atoms with Gasteiger partial charge in [0, 0.05) is 13.0 Å². The standard InChI is InChI=1S/C12H19NO4SSi/c1-19(2,3)5-4-17-12(16)11-8(7-14)18-10-6-9(15)13(10)11/h10,14H,4-7H2,1-3H3/t10-/m1/s1. The molecule has 1 fully saturated rings. The van der Waals surface area contributed by atoms with Crippen LogP contribution in [0.25, 0.3) is 0 Å². The highest BCUT2D eigenvalue weighted by molar-refractivity contribution is 8.04. The van der Waals surface area contributed by atoms with Gasteiger partial charge in [-0.25, -0.2) is 4.79 Å². The van der Waals surface area contributed by atoms with E-state index in [-0.39, 0.29) is 23.6 Å². The number of aliphatic hydroxyl groups is 1. The first-order chi connectivity index (χ1) is 8.83. The van der Waals surface area contributed by atoms with E-state index in [1.807, 2.05) is 0 Å². The summed E-state index contributed by atoms with van der Waals surface area (Å²) in [6.45, 7) is 6.79. The smallest absolute Gasteiger partial charge is 0.355 e. The first-order valence-electron chi connectivity index (χ1n) is 6.33. The van der Waals surface area contributed by atoms with Crippen molar-refractivity contribution in [1.29, 1.82) is 0 Å². The Morgan fingerprint density at radius 3 is 2.74 bits per heavy atom. The van der Waals surface area contributed by atoms with Crippen LogP contribution in [0.1, 0.15) is 6.42 Å². The van der Waals surface area contributed by atoms with Crippen molar-refractivity contribution in [3.05, 3.63) is 10.6 Å². The fourth-order valence-corrected chi connectivity index (χ4v) is 3.91. The van der Waals surface area contributed by atoms with Crippen LogP contribution in [0.15, 0.2) is 10.6 Å². The van der Waals surface area contributed by atoms with Gasteiger partial charge in [0.2, 0.25) is 5.91 Å². The van der Waals surface area contributed by atoms with Crippen LogP contribution in [0.4, 0.5) is 0 Å². The number of β-lactam (4-membered cyclic amide) rings is 1. The van der Waals surface area contributed by atoms with E-state index >= 15 is 0 Å². The quantitative estimate of drug-likeness (QED) is 0.472. The van der Waals surface area contributed by atoms with Crippen molar-refractivity contribution in [2.45, 2.75) is 37.5 Å². The van der Waals surface area contributed by atoms with Gasteiger partial charge in [-0.15, -0.1) is 0 Å². The molecule has 0 aromatic heterocycles. The van der Waals surface area contributed by atoms with Crippen LogP contribution in [0.5, 0.6) is 0 Å². The number of carbonyl (C=O) groups is 2. The number of esters is 1. The Labute approximate surface area is 118 Å². The number of amides is 1. The largest absolute Gasteiger partial charge is 0.461 e. The van der Waals surface area contributed by atoms with Gasteiger partial charge in [0.15, 0.2) is 0 Å². The number of rotatable bonds is 5. The summed E-state index contributed by atoms with van der Waals surface area (Å²) < 4.78 is 5.25. The highest BCUT2D eigenvalue weighted by atomic mass is 32.2. The number of fused-ring (bicyclic) bond motifs is 1. The second kappa shape index (κ2) is 5.30. The number of carbonyl (C=O) groups excluding carboxylic acids is 2. The first kappa shape index (κ1) is 14.6. The van der Waals surface area contributed by atoms with Crippen molar-refractivity contribution in [2.75, 3.05) is 13.2 Å². The van der Waals surface area contributed by atoms with E-state index in [0.29, 0.717) is 17.9 Å². The Morgan fingerprint density at radius 1 is 1.53 bits per heavy atom. The number of hydrogen-bond donors (Lipinski definition) is 1. The van der Waals surface area contributed by atoms with Gasteiger partial charge >= 0.3 is 5.97 Å². The van der Waals surface area contributed by atoms with Crippen LogP contribution in [0.2, 0.25) is 25.7 Å². The van der Waals surface area contributed by atoms with Crippen molar-refractivity contribution < 1.29 is 19.4 Å². The zero-order chi connectivity index (χ0) is 14.2. The van der Waals surface area contributed by atoms with Crippen LogP contribution in [-0.4, -0.2) is 48.5 Å². The van der Waals surface area contributed by atoms with Gasteiger partial charge in [-0.2, -0.15) is 0 Å². The van der Waals surface area contributed by atoms with Crippen molar-refractivity contribution in [3.63, 3.8) is 0 Å². The third-order valence-electron chi connectivity index (χ3n) is 3.11. The molecule has 0 bridgehead atoms. The fraction of sp³-hybridized carbons (Fsp3) is 0.667. The third kappa shape index (κ3) is 3.04.